The number of aromatic nitrogens is 2. The van der Waals surface area contributed by atoms with E-state index in [4.69, 9.17) is 8.94 Å². The molecule has 0 aromatic carbocycles. The Kier molecular flexibility index (Phi) is 2.24. The summed E-state index contributed by atoms with van der Waals surface area (Å²) in [6, 6.07) is 1.60. The van der Waals surface area contributed by atoms with Crippen LogP contribution in [0.5, 0.6) is 0 Å². The Balaban J connectivity index is 2.10. The van der Waals surface area contributed by atoms with Crippen molar-refractivity contribution in [2.45, 2.75) is 13.8 Å². The van der Waals surface area contributed by atoms with Crippen LogP contribution in [0.25, 0.3) is 0 Å². The number of hydrogen-bond acceptors (Lipinski definition) is 5. The Bertz CT molecular complexity index is 486. The lowest BCUT2D eigenvalue weighted by Crippen LogP contribution is -2.12. The maximum atomic E-state index is 11.5. The van der Waals surface area contributed by atoms with Gasteiger partial charge in [-0.2, -0.15) is 0 Å². The summed E-state index contributed by atoms with van der Waals surface area (Å²) in [6.07, 6.45) is 1.48. The number of carbonyl (C=O) groups is 1. The van der Waals surface area contributed by atoms with E-state index in [-0.39, 0.29) is 5.89 Å². The van der Waals surface area contributed by atoms with Crippen LogP contribution in [-0.2, 0) is 0 Å². The molecule has 0 aliphatic carbocycles. The van der Waals surface area contributed by atoms with Gasteiger partial charge in [-0.1, -0.05) is 5.16 Å². The van der Waals surface area contributed by atoms with Gasteiger partial charge in [0.1, 0.15) is 11.5 Å². The van der Waals surface area contributed by atoms with Crippen LogP contribution in [0.1, 0.15) is 22.2 Å². The first-order chi connectivity index (χ1) is 7.15. The van der Waals surface area contributed by atoms with Gasteiger partial charge in [0, 0.05) is 6.07 Å². The lowest BCUT2D eigenvalue weighted by Gasteiger charge is -1.94. The number of nitrogens with one attached hydrogen (secondary N) is 1. The SMILES string of the molecule is Cc1cc(NC(=O)c2ncc(C)o2)no1. The van der Waals surface area contributed by atoms with Crippen LogP contribution in [-0.4, -0.2) is 16.0 Å². The number of oxazole rings is 1. The van der Waals surface area contributed by atoms with E-state index in [0.717, 1.165) is 0 Å². The van der Waals surface area contributed by atoms with E-state index >= 15 is 0 Å². The zero-order valence-electron chi connectivity index (χ0n) is 8.27. The summed E-state index contributed by atoms with van der Waals surface area (Å²) in [5, 5.41) is 6.10. The molecular weight excluding hydrogens is 198 g/mol. The van der Waals surface area contributed by atoms with Crippen LogP contribution in [0, 0.1) is 13.8 Å². The predicted molar refractivity (Wildman–Crippen MR) is 50.4 cm³/mol. The zero-order chi connectivity index (χ0) is 10.8. The molecule has 0 unspecified atom stereocenters. The fourth-order valence-electron chi connectivity index (χ4n) is 1.05. The minimum atomic E-state index is -0.448. The second-order valence-electron chi connectivity index (χ2n) is 3.05. The highest BCUT2D eigenvalue weighted by Crippen LogP contribution is 2.09. The normalized spacial score (nSPS) is 10.3. The highest BCUT2D eigenvalue weighted by atomic mass is 16.5. The van der Waals surface area contributed by atoms with Crippen LogP contribution < -0.4 is 5.32 Å². The van der Waals surface area contributed by atoms with Gasteiger partial charge in [0.2, 0.25) is 0 Å². The topological polar surface area (TPSA) is 81.2 Å². The summed E-state index contributed by atoms with van der Waals surface area (Å²) < 4.78 is 9.83. The molecule has 0 radical (unpaired) electrons. The van der Waals surface area contributed by atoms with Crippen molar-refractivity contribution in [2.75, 3.05) is 5.32 Å². The molecule has 2 aromatic heterocycles. The third-order valence-electron chi connectivity index (χ3n) is 1.69. The molecule has 2 aromatic rings. The summed E-state index contributed by atoms with van der Waals surface area (Å²) in [5.74, 6) is 1.10. The van der Waals surface area contributed by atoms with E-state index in [1.807, 2.05) is 0 Å². The van der Waals surface area contributed by atoms with Gasteiger partial charge in [-0.3, -0.25) is 10.1 Å². The molecule has 6 nitrogen and oxygen atoms in total. The van der Waals surface area contributed by atoms with Gasteiger partial charge in [-0.05, 0) is 13.8 Å². The smallest absolute Gasteiger partial charge is 0.312 e. The van der Waals surface area contributed by atoms with E-state index in [2.05, 4.69) is 15.5 Å². The van der Waals surface area contributed by atoms with Crippen LogP contribution in [0.15, 0.2) is 21.2 Å². The number of carbonyl (C=O) groups excluding carboxylic acids is 1. The fraction of sp³-hybridized carbons (Fsp3) is 0.222. The van der Waals surface area contributed by atoms with Crippen molar-refractivity contribution in [2.24, 2.45) is 0 Å². The van der Waals surface area contributed by atoms with Gasteiger partial charge in [-0.25, -0.2) is 4.98 Å². The molecule has 0 bridgehead atoms. The summed E-state index contributed by atoms with van der Waals surface area (Å²) in [6.45, 7) is 3.45. The molecule has 78 valence electrons. The number of amides is 1. The molecule has 2 heterocycles. The lowest BCUT2D eigenvalue weighted by molar-refractivity contribution is 0.0988. The first-order valence-corrected chi connectivity index (χ1v) is 4.32. The van der Waals surface area contributed by atoms with Crippen LogP contribution in [0.2, 0.25) is 0 Å². The summed E-state index contributed by atoms with van der Waals surface area (Å²) in [5.41, 5.74) is 0. The number of aryl methyl sites for hydroxylation is 2. The van der Waals surface area contributed by atoms with Gasteiger partial charge in [0.05, 0.1) is 6.20 Å². The summed E-state index contributed by atoms with van der Waals surface area (Å²) in [7, 11) is 0. The van der Waals surface area contributed by atoms with E-state index in [9.17, 15) is 4.79 Å². The summed E-state index contributed by atoms with van der Waals surface area (Å²) >= 11 is 0. The van der Waals surface area contributed by atoms with Crippen LogP contribution >= 0.6 is 0 Å². The molecule has 15 heavy (non-hydrogen) atoms. The Morgan fingerprint density at radius 1 is 1.40 bits per heavy atom. The van der Waals surface area contributed by atoms with Gasteiger partial charge in [-0.15, -0.1) is 0 Å². The maximum absolute atomic E-state index is 11.5. The molecule has 0 saturated carbocycles. The minimum Gasteiger partial charge on any atom is -0.438 e. The van der Waals surface area contributed by atoms with E-state index in [0.29, 0.717) is 17.3 Å². The fourth-order valence-corrected chi connectivity index (χ4v) is 1.05. The zero-order valence-corrected chi connectivity index (χ0v) is 8.27. The van der Waals surface area contributed by atoms with Gasteiger partial charge in [0.25, 0.3) is 5.89 Å². The highest BCUT2D eigenvalue weighted by Gasteiger charge is 2.13. The number of anilines is 1. The molecule has 1 N–H and O–H groups in total. The van der Waals surface area contributed by atoms with Crippen molar-refractivity contribution < 1.29 is 13.7 Å². The van der Waals surface area contributed by atoms with Gasteiger partial charge < -0.3 is 8.94 Å². The largest absolute Gasteiger partial charge is 0.438 e. The molecular formula is C9H9N3O3. The van der Waals surface area contributed by atoms with Gasteiger partial charge >= 0.3 is 5.91 Å². The van der Waals surface area contributed by atoms with Crippen LogP contribution in [0.4, 0.5) is 5.82 Å². The molecule has 0 saturated heterocycles. The average molecular weight is 207 g/mol. The predicted octanol–water partition coefficient (Wildman–Crippen LogP) is 1.53. The van der Waals surface area contributed by atoms with Crippen molar-refractivity contribution in [1.29, 1.82) is 0 Å². The number of hydrogen-bond donors (Lipinski definition) is 1. The highest BCUT2D eigenvalue weighted by molar-refractivity contribution is 6.00. The van der Waals surface area contributed by atoms with Crippen LogP contribution in [0.3, 0.4) is 0 Å². The first kappa shape index (κ1) is 9.45. The first-order valence-electron chi connectivity index (χ1n) is 4.32. The molecule has 1 amide bonds. The molecule has 0 spiro atoms. The van der Waals surface area contributed by atoms with E-state index in [1.54, 1.807) is 19.9 Å². The molecule has 2 rings (SSSR count). The van der Waals surface area contributed by atoms with Crippen molar-refractivity contribution in [3.05, 3.63) is 29.7 Å². The lowest BCUT2D eigenvalue weighted by atomic mass is 10.5. The Hall–Kier alpha value is -2.11. The average Bonchev–Trinajstić information content (AvgIpc) is 2.75. The molecule has 0 aliphatic heterocycles. The van der Waals surface area contributed by atoms with Crippen molar-refractivity contribution in [1.82, 2.24) is 10.1 Å². The molecule has 0 aliphatic rings. The van der Waals surface area contributed by atoms with Crippen molar-refractivity contribution >= 4 is 11.7 Å². The quantitative estimate of drug-likeness (QED) is 0.807. The van der Waals surface area contributed by atoms with Gasteiger partial charge in [0.15, 0.2) is 5.82 Å². The third kappa shape index (κ3) is 2.04. The maximum Gasteiger partial charge on any atom is 0.312 e. The second-order valence-corrected chi connectivity index (χ2v) is 3.05. The van der Waals surface area contributed by atoms with Crippen molar-refractivity contribution in [3.8, 4) is 0 Å². The third-order valence-corrected chi connectivity index (χ3v) is 1.69. The monoisotopic (exact) mass is 207 g/mol. The Labute approximate surface area is 85.3 Å². The Morgan fingerprint density at radius 2 is 2.20 bits per heavy atom. The number of nitrogens with zero attached hydrogens (tertiary/aromatic N) is 2. The van der Waals surface area contributed by atoms with Crippen molar-refractivity contribution in [3.63, 3.8) is 0 Å². The van der Waals surface area contributed by atoms with E-state index in [1.165, 1.54) is 6.20 Å². The second kappa shape index (κ2) is 3.56. The molecule has 6 heteroatoms. The number of rotatable bonds is 2. The molecule has 0 fully saturated rings. The Morgan fingerprint density at radius 3 is 2.73 bits per heavy atom. The standard InChI is InChI=1S/C9H9N3O3/c1-5-3-7(12-15-5)11-8(13)9-10-4-6(2)14-9/h3-4H,1-2H3,(H,11,12,13). The molecule has 0 atom stereocenters. The summed E-state index contributed by atoms with van der Waals surface area (Å²) in [4.78, 5) is 15.3. The van der Waals surface area contributed by atoms with E-state index < -0.39 is 5.91 Å². The minimum absolute atomic E-state index is 0.00755.